The van der Waals surface area contributed by atoms with Crippen molar-refractivity contribution in [2.45, 2.75) is 13.1 Å². The van der Waals surface area contributed by atoms with Crippen LogP contribution in [-0.2, 0) is 10.9 Å². The van der Waals surface area contributed by atoms with E-state index in [2.05, 4.69) is 26.5 Å². The predicted octanol–water partition coefficient (Wildman–Crippen LogP) is 3.69. The van der Waals surface area contributed by atoms with Crippen LogP contribution in [0.2, 0.25) is 0 Å². The number of alkyl halides is 3. The number of halogens is 3. The Kier molecular flexibility index (Phi) is 5.41. The van der Waals surface area contributed by atoms with Crippen LogP contribution in [0.25, 0.3) is 0 Å². The fourth-order valence-corrected chi connectivity index (χ4v) is 2.62. The first-order valence-electron chi connectivity index (χ1n) is 8.19. The fourth-order valence-electron chi connectivity index (χ4n) is 2.62. The lowest BCUT2D eigenvalue weighted by atomic mass is 10.1. The summed E-state index contributed by atoms with van der Waals surface area (Å²) in [6.45, 7) is 5.18. The molecule has 1 fully saturated rings. The Bertz CT molecular complexity index is 769. The van der Waals surface area contributed by atoms with Crippen molar-refractivity contribution in [1.82, 2.24) is 4.98 Å². The molecule has 0 amide bonds. The maximum absolute atomic E-state index is 12.5. The number of hydrazone groups is 1. The zero-order valence-electron chi connectivity index (χ0n) is 14.3. The van der Waals surface area contributed by atoms with E-state index in [0.717, 1.165) is 55.4 Å². The van der Waals surface area contributed by atoms with Gasteiger partial charge in [-0.1, -0.05) is 6.07 Å². The second-order valence-corrected chi connectivity index (χ2v) is 5.94. The largest absolute Gasteiger partial charge is 0.417 e. The van der Waals surface area contributed by atoms with Crippen molar-refractivity contribution < 1.29 is 17.9 Å². The van der Waals surface area contributed by atoms with Crippen molar-refractivity contribution in [3.05, 3.63) is 53.2 Å². The molecule has 1 aromatic heterocycles. The van der Waals surface area contributed by atoms with Gasteiger partial charge in [0.05, 0.1) is 25.0 Å². The number of rotatable bonds is 4. The lowest BCUT2D eigenvalue weighted by molar-refractivity contribution is -0.137. The number of nitrogens with one attached hydrogen (secondary N) is 1. The van der Waals surface area contributed by atoms with E-state index in [-0.39, 0.29) is 5.82 Å². The van der Waals surface area contributed by atoms with Crippen LogP contribution in [0.5, 0.6) is 0 Å². The van der Waals surface area contributed by atoms with E-state index in [1.807, 2.05) is 19.1 Å². The molecule has 1 saturated heterocycles. The molecule has 1 aliphatic rings. The molecule has 26 heavy (non-hydrogen) atoms. The summed E-state index contributed by atoms with van der Waals surface area (Å²) < 4.78 is 42.9. The Morgan fingerprint density at radius 1 is 1.19 bits per heavy atom. The first-order valence-corrected chi connectivity index (χ1v) is 8.19. The monoisotopic (exact) mass is 364 g/mol. The normalized spacial score (nSPS) is 15.5. The van der Waals surface area contributed by atoms with E-state index in [1.165, 1.54) is 6.07 Å². The van der Waals surface area contributed by atoms with Crippen molar-refractivity contribution in [1.29, 1.82) is 0 Å². The van der Waals surface area contributed by atoms with E-state index in [9.17, 15) is 13.2 Å². The van der Waals surface area contributed by atoms with Gasteiger partial charge < -0.3 is 9.64 Å². The van der Waals surface area contributed by atoms with Gasteiger partial charge in [-0.25, -0.2) is 4.98 Å². The van der Waals surface area contributed by atoms with Gasteiger partial charge >= 0.3 is 6.18 Å². The minimum atomic E-state index is -4.39. The number of pyridine rings is 1. The molecule has 0 saturated carbocycles. The van der Waals surface area contributed by atoms with E-state index in [4.69, 9.17) is 4.74 Å². The number of hydrogen-bond donors (Lipinski definition) is 1. The second kappa shape index (κ2) is 7.74. The van der Waals surface area contributed by atoms with Crippen LogP contribution in [0.15, 0.2) is 41.6 Å². The molecule has 0 bridgehead atoms. The maximum atomic E-state index is 12.5. The highest BCUT2D eigenvalue weighted by atomic mass is 19.4. The molecule has 1 N–H and O–H groups in total. The van der Waals surface area contributed by atoms with Gasteiger partial charge in [-0.05, 0) is 42.3 Å². The molecule has 3 rings (SSSR count). The zero-order chi connectivity index (χ0) is 18.6. The highest BCUT2D eigenvalue weighted by Gasteiger charge is 2.30. The summed E-state index contributed by atoms with van der Waals surface area (Å²) in [6, 6.07) is 8.28. The third-order valence-corrected chi connectivity index (χ3v) is 4.10. The molecule has 1 aromatic carbocycles. The van der Waals surface area contributed by atoms with Crippen LogP contribution >= 0.6 is 0 Å². The van der Waals surface area contributed by atoms with Crippen molar-refractivity contribution in [3.8, 4) is 0 Å². The van der Waals surface area contributed by atoms with Crippen LogP contribution in [-0.4, -0.2) is 37.5 Å². The number of aryl methyl sites for hydroxylation is 1. The van der Waals surface area contributed by atoms with Crippen LogP contribution in [0.3, 0.4) is 0 Å². The molecule has 0 atom stereocenters. The predicted molar refractivity (Wildman–Crippen MR) is 94.7 cm³/mol. The van der Waals surface area contributed by atoms with Gasteiger partial charge in [0.2, 0.25) is 0 Å². The molecule has 0 radical (unpaired) electrons. The van der Waals surface area contributed by atoms with Gasteiger partial charge in [-0.3, -0.25) is 5.43 Å². The molecule has 2 heterocycles. The molecule has 2 aromatic rings. The number of nitrogens with zero attached hydrogens (tertiary/aromatic N) is 3. The molecule has 1 aliphatic heterocycles. The Labute approximate surface area is 149 Å². The Morgan fingerprint density at radius 2 is 1.96 bits per heavy atom. The van der Waals surface area contributed by atoms with Crippen LogP contribution in [0, 0.1) is 6.92 Å². The lowest BCUT2D eigenvalue weighted by Gasteiger charge is -2.29. The van der Waals surface area contributed by atoms with Crippen LogP contribution < -0.4 is 10.3 Å². The summed E-state index contributed by atoms with van der Waals surface area (Å²) in [6.07, 6.45) is -1.99. The second-order valence-electron chi connectivity index (χ2n) is 5.94. The SMILES string of the molecule is Cc1cc(N2CCOCC2)ccc1/C=N/Nc1ccc(C(F)(F)F)cn1. The van der Waals surface area contributed by atoms with Crippen molar-refractivity contribution in [2.75, 3.05) is 36.6 Å². The molecule has 0 spiro atoms. The van der Waals surface area contributed by atoms with E-state index in [1.54, 1.807) is 6.21 Å². The molecule has 8 heteroatoms. The molecule has 0 aliphatic carbocycles. The van der Waals surface area contributed by atoms with Crippen molar-refractivity contribution >= 4 is 17.7 Å². The summed E-state index contributed by atoms with van der Waals surface area (Å²) in [7, 11) is 0. The van der Waals surface area contributed by atoms with Gasteiger partial charge in [0.15, 0.2) is 0 Å². The standard InChI is InChI=1S/C18H19F3N4O/c1-13-10-16(25-6-8-26-9-7-25)4-2-14(13)11-23-24-17-5-3-15(12-22-17)18(19,20)21/h2-5,10-12H,6-9H2,1H3,(H,22,24)/b23-11+. The van der Waals surface area contributed by atoms with Gasteiger partial charge in [-0.2, -0.15) is 18.3 Å². The van der Waals surface area contributed by atoms with Gasteiger partial charge in [-0.15, -0.1) is 0 Å². The minimum Gasteiger partial charge on any atom is -0.378 e. The van der Waals surface area contributed by atoms with Crippen LogP contribution in [0.4, 0.5) is 24.7 Å². The van der Waals surface area contributed by atoms with Gasteiger partial charge in [0.1, 0.15) is 5.82 Å². The van der Waals surface area contributed by atoms with E-state index < -0.39 is 11.7 Å². The number of anilines is 2. The van der Waals surface area contributed by atoms with Gasteiger partial charge in [0.25, 0.3) is 0 Å². The Balaban J connectivity index is 1.63. The average Bonchev–Trinajstić information content (AvgIpc) is 2.63. The molecular weight excluding hydrogens is 345 g/mol. The smallest absolute Gasteiger partial charge is 0.378 e. The molecule has 138 valence electrons. The van der Waals surface area contributed by atoms with Crippen molar-refractivity contribution in [3.63, 3.8) is 0 Å². The first-order chi connectivity index (χ1) is 12.4. The number of ether oxygens (including phenoxy) is 1. The first kappa shape index (κ1) is 18.2. The average molecular weight is 364 g/mol. The zero-order valence-corrected chi connectivity index (χ0v) is 14.3. The summed E-state index contributed by atoms with van der Waals surface area (Å²) in [4.78, 5) is 5.98. The summed E-state index contributed by atoms with van der Waals surface area (Å²) in [5, 5.41) is 4.05. The summed E-state index contributed by atoms with van der Waals surface area (Å²) in [5.74, 6) is 0.247. The minimum absolute atomic E-state index is 0.247. The summed E-state index contributed by atoms with van der Waals surface area (Å²) in [5.41, 5.74) is 4.96. The molecular formula is C18H19F3N4O. The topological polar surface area (TPSA) is 49.8 Å². The maximum Gasteiger partial charge on any atom is 0.417 e. The Morgan fingerprint density at radius 3 is 2.58 bits per heavy atom. The third kappa shape index (κ3) is 4.51. The Hall–Kier alpha value is -2.61. The number of hydrogen-bond acceptors (Lipinski definition) is 5. The highest BCUT2D eigenvalue weighted by Crippen LogP contribution is 2.28. The molecule has 5 nitrogen and oxygen atoms in total. The van der Waals surface area contributed by atoms with Crippen LogP contribution in [0.1, 0.15) is 16.7 Å². The quantitative estimate of drug-likeness (QED) is 0.664. The lowest BCUT2D eigenvalue weighted by Crippen LogP contribution is -2.36. The third-order valence-electron chi connectivity index (χ3n) is 4.10. The molecule has 0 unspecified atom stereocenters. The summed E-state index contributed by atoms with van der Waals surface area (Å²) >= 11 is 0. The van der Waals surface area contributed by atoms with Crippen molar-refractivity contribution in [2.24, 2.45) is 5.10 Å². The van der Waals surface area contributed by atoms with Gasteiger partial charge in [0, 0.05) is 25.0 Å². The fraction of sp³-hybridized carbons (Fsp3) is 0.333. The van der Waals surface area contributed by atoms with E-state index in [0.29, 0.717) is 0 Å². The van der Waals surface area contributed by atoms with E-state index >= 15 is 0 Å². The number of aromatic nitrogens is 1. The number of benzene rings is 1. The highest BCUT2D eigenvalue weighted by molar-refractivity contribution is 5.83. The number of morpholine rings is 1.